The smallest absolute Gasteiger partial charge is 0.303 e. The first kappa shape index (κ1) is 26.5. The minimum absolute atomic E-state index is 0.0797. The summed E-state index contributed by atoms with van der Waals surface area (Å²) in [5.41, 5.74) is 4.15. The second-order valence-corrected chi connectivity index (χ2v) is 10.2. The highest BCUT2D eigenvalue weighted by Crippen LogP contribution is 2.51. The number of benzene rings is 1. The average molecular weight is 477 g/mol. The number of aliphatic hydroxyl groups excluding tert-OH is 2. The molecule has 1 saturated heterocycles. The Kier molecular flexibility index (Phi) is 8.66. The van der Waals surface area contributed by atoms with Gasteiger partial charge < -0.3 is 29.5 Å². The number of allylic oxidation sites excluding steroid dienone is 2. The molecule has 7 atom stereocenters. The zero-order chi connectivity index (χ0) is 25.2. The normalized spacial score (nSPS) is 29.6. The van der Waals surface area contributed by atoms with Crippen molar-refractivity contribution < 1.29 is 34.3 Å². The van der Waals surface area contributed by atoms with E-state index in [1.54, 1.807) is 0 Å². The van der Waals surface area contributed by atoms with Gasteiger partial charge in [-0.25, -0.2) is 0 Å². The van der Waals surface area contributed by atoms with Crippen molar-refractivity contribution in [2.45, 2.75) is 104 Å². The van der Waals surface area contributed by atoms with Gasteiger partial charge in [0.05, 0.1) is 6.61 Å². The molecule has 2 aliphatic rings. The van der Waals surface area contributed by atoms with Crippen LogP contribution in [-0.4, -0.2) is 52.5 Å². The third-order valence-electron chi connectivity index (χ3n) is 7.16. The van der Waals surface area contributed by atoms with Gasteiger partial charge in [0.15, 0.2) is 17.6 Å². The maximum absolute atomic E-state index is 11.3. The van der Waals surface area contributed by atoms with Gasteiger partial charge in [-0.2, -0.15) is 0 Å². The van der Waals surface area contributed by atoms with Crippen molar-refractivity contribution in [3.63, 3.8) is 0 Å². The number of rotatable bonds is 7. The minimum Gasteiger partial charge on any atom is -0.504 e. The second kappa shape index (κ2) is 11.1. The fourth-order valence-corrected chi connectivity index (χ4v) is 5.26. The maximum Gasteiger partial charge on any atom is 0.303 e. The van der Waals surface area contributed by atoms with E-state index in [2.05, 4.69) is 39.8 Å². The fraction of sp³-hybridized carbons (Fsp3) is 0.667. The van der Waals surface area contributed by atoms with Crippen molar-refractivity contribution in [3.05, 3.63) is 34.4 Å². The van der Waals surface area contributed by atoms with Crippen LogP contribution in [0.5, 0.6) is 11.5 Å². The van der Waals surface area contributed by atoms with Crippen LogP contribution >= 0.6 is 0 Å². The third kappa shape index (κ3) is 5.75. The van der Waals surface area contributed by atoms with Crippen LogP contribution in [0.3, 0.4) is 0 Å². The predicted molar refractivity (Wildman–Crippen MR) is 129 cm³/mol. The molecule has 0 radical (unpaired) electrons. The molecule has 1 aliphatic heterocycles. The van der Waals surface area contributed by atoms with E-state index >= 15 is 0 Å². The Balaban J connectivity index is 1.83. The van der Waals surface area contributed by atoms with E-state index in [1.807, 2.05) is 6.92 Å². The van der Waals surface area contributed by atoms with Crippen molar-refractivity contribution >= 4 is 5.97 Å². The molecule has 7 heteroatoms. The number of aromatic hydroxyl groups is 1. The quantitative estimate of drug-likeness (QED) is 0.394. The number of carbonyl (C=O) groups is 1. The van der Waals surface area contributed by atoms with E-state index in [9.17, 15) is 20.1 Å². The monoisotopic (exact) mass is 476 g/mol. The number of fused-ring (bicyclic) bond motifs is 1. The summed E-state index contributed by atoms with van der Waals surface area (Å²) < 4.78 is 16.5. The summed E-state index contributed by atoms with van der Waals surface area (Å²) in [5, 5.41) is 32.2. The maximum atomic E-state index is 11.3. The standard InChI is InChI=1S/C27H40O7/c1-14(2)8-7-9-15(3)19-11-10-16(4)22-20(19)12-17(5)26(24(22)30)34-27-25(31)23(29)21(13-32-27)33-18(6)28/h8,12,15-16,19,21,23,25,27,29-31H,7,9-11,13H2,1-6H3/t15-,16-,19+,21-,23-,25+,27+/m0/s1. The Hall–Kier alpha value is -2.09. The molecule has 0 bridgehead atoms. The van der Waals surface area contributed by atoms with Crippen molar-refractivity contribution in [1.29, 1.82) is 0 Å². The number of esters is 1. The van der Waals surface area contributed by atoms with E-state index in [4.69, 9.17) is 14.2 Å². The van der Waals surface area contributed by atoms with Crippen molar-refractivity contribution in [2.24, 2.45) is 5.92 Å². The zero-order valence-electron chi connectivity index (χ0n) is 21.2. The highest BCUT2D eigenvalue weighted by molar-refractivity contribution is 5.66. The number of aryl methyl sites for hydroxylation is 1. The molecule has 0 aromatic heterocycles. The van der Waals surface area contributed by atoms with Gasteiger partial charge in [-0.05, 0) is 75.3 Å². The van der Waals surface area contributed by atoms with Crippen LogP contribution in [0.25, 0.3) is 0 Å². The number of ether oxygens (including phenoxy) is 3. The molecule has 3 N–H and O–H groups in total. The Labute approximate surface area is 202 Å². The molecule has 0 amide bonds. The van der Waals surface area contributed by atoms with Gasteiger partial charge in [0.25, 0.3) is 0 Å². The number of hydrogen-bond acceptors (Lipinski definition) is 7. The van der Waals surface area contributed by atoms with Crippen LogP contribution in [0, 0.1) is 12.8 Å². The lowest BCUT2D eigenvalue weighted by molar-refractivity contribution is -0.248. The zero-order valence-corrected chi connectivity index (χ0v) is 21.2. The van der Waals surface area contributed by atoms with Crippen LogP contribution in [0.15, 0.2) is 17.7 Å². The van der Waals surface area contributed by atoms with Gasteiger partial charge in [-0.3, -0.25) is 4.79 Å². The lowest BCUT2D eigenvalue weighted by atomic mass is 9.70. The molecule has 0 saturated carbocycles. The molecule has 1 aromatic rings. The summed E-state index contributed by atoms with van der Waals surface area (Å²) in [5.74, 6) is 0.778. The molecule has 1 fully saturated rings. The van der Waals surface area contributed by atoms with Crippen LogP contribution in [-0.2, 0) is 14.3 Å². The van der Waals surface area contributed by atoms with Gasteiger partial charge in [0.1, 0.15) is 12.2 Å². The summed E-state index contributed by atoms with van der Waals surface area (Å²) in [7, 11) is 0. The van der Waals surface area contributed by atoms with E-state index in [-0.39, 0.29) is 24.0 Å². The molecule has 0 spiro atoms. The van der Waals surface area contributed by atoms with Crippen LogP contribution < -0.4 is 4.74 Å². The van der Waals surface area contributed by atoms with Crippen LogP contribution in [0.1, 0.15) is 88.8 Å². The largest absolute Gasteiger partial charge is 0.504 e. The predicted octanol–water partition coefficient (Wildman–Crippen LogP) is 4.45. The lowest BCUT2D eigenvalue weighted by Gasteiger charge is -2.38. The molecular weight excluding hydrogens is 436 g/mol. The first-order valence-corrected chi connectivity index (χ1v) is 12.3. The van der Waals surface area contributed by atoms with Gasteiger partial charge >= 0.3 is 5.97 Å². The SMILES string of the molecule is CC(=O)O[C@H]1CO[C@H](Oc2c(C)cc3c(c2O)[C@@H](C)CC[C@@H]3[C@@H](C)CCC=C(C)C)[C@H](O)[C@H]1O. The third-order valence-corrected chi connectivity index (χ3v) is 7.16. The van der Waals surface area contributed by atoms with Gasteiger partial charge in [0, 0.05) is 12.5 Å². The highest BCUT2D eigenvalue weighted by Gasteiger charge is 2.42. The fourth-order valence-electron chi connectivity index (χ4n) is 5.26. The molecule has 1 heterocycles. The number of carbonyl (C=O) groups excluding carboxylic acids is 1. The van der Waals surface area contributed by atoms with Crippen molar-refractivity contribution in [1.82, 2.24) is 0 Å². The summed E-state index contributed by atoms with van der Waals surface area (Å²) in [6.07, 6.45) is 1.51. The van der Waals surface area contributed by atoms with Gasteiger partial charge in [-0.1, -0.05) is 31.6 Å². The molecule has 34 heavy (non-hydrogen) atoms. The molecule has 1 aromatic carbocycles. The molecule has 190 valence electrons. The highest BCUT2D eigenvalue weighted by atomic mass is 16.7. The van der Waals surface area contributed by atoms with Gasteiger partial charge in [-0.15, -0.1) is 0 Å². The molecular formula is C27H40O7. The Bertz CT molecular complexity index is 905. The number of hydrogen-bond donors (Lipinski definition) is 3. The molecule has 3 rings (SSSR count). The van der Waals surface area contributed by atoms with E-state index in [0.29, 0.717) is 11.8 Å². The van der Waals surface area contributed by atoms with Crippen LogP contribution in [0.4, 0.5) is 0 Å². The summed E-state index contributed by atoms with van der Waals surface area (Å²) in [6.45, 7) is 11.6. The summed E-state index contributed by atoms with van der Waals surface area (Å²) in [6, 6.07) is 2.09. The van der Waals surface area contributed by atoms with E-state index in [0.717, 1.165) is 36.8 Å². The van der Waals surface area contributed by atoms with Crippen molar-refractivity contribution in [3.8, 4) is 11.5 Å². The molecule has 0 unspecified atom stereocenters. The van der Waals surface area contributed by atoms with Crippen LogP contribution in [0.2, 0.25) is 0 Å². The number of aliphatic hydroxyl groups is 2. The van der Waals surface area contributed by atoms with Crippen molar-refractivity contribution in [2.75, 3.05) is 6.61 Å². The Morgan fingerprint density at radius 2 is 1.94 bits per heavy atom. The van der Waals surface area contributed by atoms with Gasteiger partial charge in [0.2, 0.25) is 6.29 Å². The number of phenols is 1. The van der Waals surface area contributed by atoms with E-state index in [1.165, 1.54) is 18.1 Å². The molecule has 1 aliphatic carbocycles. The summed E-state index contributed by atoms with van der Waals surface area (Å²) >= 11 is 0. The lowest BCUT2D eigenvalue weighted by Crippen LogP contribution is -2.56. The first-order chi connectivity index (χ1) is 16.0. The topological polar surface area (TPSA) is 105 Å². The second-order valence-electron chi connectivity index (χ2n) is 10.2. The average Bonchev–Trinajstić information content (AvgIpc) is 2.75. The Morgan fingerprint density at radius 1 is 1.24 bits per heavy atom. The minimum atomic E-state index is -1.44. The molecule has 7 nitrogen and oxygen atoms in total. The first-order valence-electron chi connectivity index (χ1n) is 12.3. The number of phenolic OH excluding ortho intramolecular Hbond substituents is 1. The Morgan fingerprint density at radius 3 is 2.59 bits per heavy atom. The summed E-state index contributed by atoms with van der Waals surface area (Å²) in [4.78, 5) is 11.2. The van der Waals surface area contributed by atoms with E-state index < -0.39 is 30.6 Å².